The van der Waals surface area contributed by atoms with E-state index < -0.39 is 31.1 Å². The number of piperidine rings is 1. The maximum Gasteiger partial charge on any atom is 0.480 e. The van der Waals surface area contributed by atoms with E-state index >= 15 is 0 Å². The highest BCUT2D eigenvalue weighted by molar-refractivity contribution is 8.13. The lowest BCUT2D eigenvalue weighted by Gasteiger charge is -2.40. The molecule has 1 aromatic carbocycles. The lowest BCUT2D eigenvalue weighted by molar-refractivity contribution is -0.917. The number of likely N-dealkylation sites (tertiary alicyclic amines) is 1. The first kappa shape index (κ1) is 39.1. The van der Waals surface area contributed by atoms with E-state index in [1.807, 2.05) is 23.9 Å². The number of halogens is 7. The monoisotopic (exact) mass is 658 g/mol. The maximum atomic E-state index is 11.4. The zero-order chi connectivity index (χ0) is 30.8. The molecule has 2 aromatic rings. The first-order chi connectivity index (χ1) is 18.2. The Morgan fingerprint density at radius 2 is 1.56 bits per heavy atom. The van der Waals surface area contributed by atoms with Crippen LogP contribution in [0.1, 0.15) is 45.1 Å². The summed E-state index contributed by atoms with van der Waals surface area (Å²) in [5.41, 5.74) is -11.1. The molecule has 1 saturated heterocycles. The third-order valence-corrected chi connectivity index (χ3v) is 8.75. The Hall–Kier alpha value is -1.88. The predicted octanol–water partition coefficient (Wildman–Crippen LogP) is 2.09. The maximum absolute atomic E-state index is 11.4. The Labute approximate surface area is 244 Å². The fraction of sp³-hybridized carbons (Fsp3) is 0.625. The van der Waals surface area contributed by atoms with Gasteiger partial charge in [0.25, 0.3) is 0 Å². The summed E-state index contributed by atoms with van der Waals surface area (Å²) in [6.07, 6.45) is 11.9. The predicted molar refractivity (Wildman–Crippen MR) is 139 cm³/mol. The second-order valence-corrected chi connectivity index (χ2v) is 13.4. The summed E-state index contributed by atoms with van der Waals surface area (Å²) in [4.78, 5) is 0. The van der Waals surface area contributed by atoms with Crippen LogP contribution in [0.25, 0.3) is 4.13 Å². The first-order valence-corrected chi connectivity index (χ1v) is 15.3. The molecule has 1 aliphatic heterocycles. The minimum Gasteiger partial charge on any atom is -1.00 e. The number of sulfonamides is 2. The van der Waals surface area contributed by atoms with Gasteiger partial charge in [-0.3, -0.25) is 0 Å². The van der Waals surface area contributed by atoms with E-state index in [1.165, 1.54) is 55.4 Å². The minimum absolute atomic E-state index is 0. The van der Waals surface area contributed by atoms with E-state index in [0.29, 0.717) is 0 Å². The van der Waals surface area contributed by atoms with Crippen molar-refractivity contribution >= 4 is 20.0 Å². The number of quaternary nitrogens is 1. The summed E-state index contributed by atoms with van der Waals surface area (Å²) in [6.45, 7) is 9.88. The molecule has 0 radical (unpaired) electrons. The average Bonchev–Trinajstić information content (AvgIpc) is 3.21. The molecule has 3 rings (SSSR count). The molecule has 1 fully saturated rings. The molecular weight excluding hydrogens is 622 g/mol. The van der Waals surface area contributed by atoms with Gasteiger partial charge in [-0.1, -0.05) is 50.6 Å². The Morgan fingerprint density at radius 1 is 1.02 bits per heavy atom. The summed E-state index contributed by atoms with van der Waals surface area (Å²) < 4.78 is 115. The molecule has 0 bridgehead atoms. The summed E-state index contributed by atoms with van der Waals surface area (Å²) in [6, 6.07) is 10.5. The summed E-state index contributed by atoms with van der Waals surface area (Å²) in [5, 5.41) is 0. The van der Waals surface area contributed by atoms with Gasteiger partial charge >= 0.3 is 11.0 Å². The van der Waals surface area contributed by atoms with E-state index in [-0.39, 0.29) is 12.4 Å². The van der Waals surface area contributed by atoms with Gasteiger partial charge in [-0.25, -0.2) is 26.0 Å². The minimum atomic E-state index is -6.72. The number of aromatic nitrogens is 2. The molecule has 0 aliphatic carbocycles. The van der Waals surface area contributed by atoms with Gasteiger partial charge in [0.05, 0.1) is 33.7 Å². The molecule has 238 valence electrons. The zero-order valence-corrected chi connectivity index (χ0v) is 25.6. The third-order valence-electron chi connectivity index (χ3n) is 6.01. The number of alkyl halides is 6. The molecule has 0 amide bonds. The topological polar surface area (TPSA) is 91.2 Å². The molecule has 2 heterocycles. The molecule has 2 atom stereocenters. The van der Waals surface area contributed by atoms with Crippen LogP contribution in [0.5, 0.6) is 0 Å². The van der Waals surface area contributed by atoms with Gasteiger partial charge < -0.3 is 21.0 Å². The Morgan fingerprint density at radius 3 is 1.98 bits per heavy atom. The molecular formula is C24H37ClF6N4O4S2. The van der Waals surface area contributed by atoms with Crippen molar-refractivity contribution in [2.75, 3.05) is 26.7 Å². The highest BCUT2D eigenvalue weighted by atomic mass is 35.5. The molecule has 17 heteroatoms. The number of imidazole rings is 1. The van der Waals surface area contributed by atoms with Crippen LogP contribution in [0.3, 0.4) is 0 Å². The number of hydrogen-bond donors (Lipinski definition) is 0. The van der Waals surface area contributed by atoms with Gasteiger partial charge in [0, 0.05) is 5.92 Å². The van der Waals surface area contributed by atoms with Crippen LogP contribution in [0.2, 0.25) is 0 Å². The normalized spacial score (nSPS) is 19.6. The lowest BCUT2D eigenvalue weighted by atomic mass is 9.98. The van der Waals surface area contributed by atoms with Crippen LogP contribution >= 0.6 is 0 Å². The van der Waals surface area contributed by atoms with Gasteiger partial charge in [-0.15, -0.1) is 0 Å². The third kappa shape index (κ3) is 13.8. The smallest absolute Gasteiger partial charge is 0.480 e. The quantitative estimate of drug-likeness (QED) is 0.259. The van der Waals surface area contributed by atoms with Crippen molar-refractivity contribution in [3.63, 3.8) is 0 Å². The molecule has 8 nitrogen and oxygen atoms in total. The molecule has 0 spiro atoms. The van der Waals surface area contributed by atoms with Crippen molar-refractivity contribution in [2.45, 2.75) is 57.1 Å². The lowest BCUT2D eigenvalue weighted by Crippen LogP contribution is -3.00. The molecule has 0 saturated carbocycles. The number of nitrogens with zero attached hydrogens (tertiary/aromatic N) is 4. The van der Waals surface area contributed by atoms with Crippen LogP contribution in [0.4, 0.5) is 26.3 Å². The number of hydrogen-bond acceptors (Lipinski definition) is 4. The Bertz CT molecular complexity index is 1210. The van der Waals surface area contributed by atoms with Crippen molar-refractivity contribution < 1.29 is 64.6 Å². The van der Waals surface area contributed by atoms with Gasteiger partial charge in [0.2, 0.25) is 6.33 Å². The highest BCUT2D eigenvalue weighted by Gasteiger charge is 2.47. The molecule has 1 aliphatic rings. The Balaban J connectivity index is 0.000000581. The van der Waals surface area contributed by atoms with Gasteiger partial charge in [0.15, 0.2) is 20.0 Å². The van der Waals surface area contributed by atoms with Crippen LogP contribution in [-0.4, -0.2) is 63.6 Å². The van der Waals surface area contributed by atoms with Crippen molar-refractivity contribution in [1.29, 1.82) is 0 Å². The van der Waals surface area contributed by atoms with E-state index in [1.54, 1.807) is 0 Å². The van der Waals surface area contributed by atoms with Crippen molar-refractivity contribution in [3.8, 4) is 0 Å². The van der Waals surface area contributed by atoms with E-state index in [9.17, 15) is 43.2 Å². The molecule has 41 heavy (non-hydrogen) atoms. The van der Waals surface area contributed by atoms with Gasteiger partial charge in [-0.05, 0) is 24.8 Å². The van der Waals surface area contributed by atoms with Gasteiger partial charge in [-0.2, -0.15) is 26.3 Å². The zero-order valence-electron chi connectivity index (χ0n) is 23.2. The summed E-state index contributed by atoms with van der Waals surface area (Å²) in [5.74, 6) is 0.959. The largest absolute Gasteiger partial charge is 1.00 e. The highest BCUT2D eigenvalue weighted by Crippen LogP contribution is 2.36. The van der Waals surface area contributed by atoms with Crippen LogP contribution < -0.4 is 17.0 Å². The summed E-state index contributed by atoms with van der Waals surface area (Å²) >= 11 is 0. The average molecular weight is 659 g/mol. The Kier molecular flexibility index (Phi) is 15.4. The fourth-order valence-corrected chi connectivity index (χ4v) is 5.81. The number of aryl methyl sites for hydroxylation is 1. The summed E-state index contributed by atoms with van der Waals surface area (Å²) in [7, 11) is -8.98. The molecule has 2 unspecified atom stereocenters. The first-order valence-electron chi connectivity index (χ1n) is 12.5. The number of benzene rings is 1. The second kappa shape index (κ2) is 16.1. The number of unbranched alkanes of at least 4 members (excludes halogenated alkanes) is 1. The second-order valence-electron chi connectivity index (χ2n) is 10.0. The number of rotatable bonds is 7. The van der Waals surface area contributed by atoms with Gasteiger partial charge in [0.1, 0.15) is 18.9 Å². The molecule has 0 N–H and O–H groups in total. The standard InChI is InChI=1S/C11H13N2.C11H24N.C2F6NO4S2.ClH/c1-12-7-8-13(10-12)9-11-5-3-2-4-6-11;1-4-5-8-12(3)9-6-7-11(2)10-12;3-1(4,5)14(10,11)9-15(12,13)2(6,7)8;/h2-8,10H,9H2,1H3;11H,4-10H2,1-3H3;;1H/q2*+1;-1;/p-1. The van der Waals surface area contributed by atoms with Crippen LogP contribution in [0, 0.1) is 5.92 Å². The van der Waals surface area contributed by atoms with Crippen molar-refractivity contribution in [2.24, 2.45) is 13.0 Å². The van der Waals surface area contributed by atoms with Crippen LogP contribution in [-0.2, 0) is 33.6 Å². The van der Waals surface area contributed by atoms with E-state index in [0.717, 1.165) is 16.6 Å². The fourth-order valence-electron chi connectivity index (χ4n) is 4.10. The van der Waals surface area contributed by atoms with Crippen molar-refractivity contribution in [3.05, 3.63) is 58.7 Å². The van der Waals surface area contributed by atoms with E-state index in [2.05, 4.69) is 62.3 Å². The van der Waals surface area contributed by atoms with E-state index in [4.69, 9.17) is 0 Å². The SMILES string of the molecule is CCCC[N+]1(C)CCCC(C)C1.C[n+]1ccn(Cc2ccccc2)c1.O=S(=O)([N-]S(=O)(=O)C(F)(F)F)C(F)(F)F.[Cl-]. The molecule has 1 aromatic heterocycles. The van der Waals surface area contributed by atoms with Crippen LogP contribution in [0.15, 0.2) is 49.1 Å². The van der Waals surface area contributed by atoms with Crippen molar-refractivity contribution in [1.82, 2.24) is 4.57 Å².